The van der Waals surface area contributed by atoms with E-state index >= 15 is 0 Å². The van der Waals surface area contributed by atoms with Crippen LogP contribution in [0.25, 0.3) is 6.08 Å². The Morgan fingerprint density at radius 2 is 2.00 bits per heavy atom. The van der Waals surface area contributed by atoms with Gasteiger partial charge in [0, 0.05) is 23.0 Å². The number of fused-ring (bicyclic) bond motifs is 1. The number of nitrogens with one attached hydrogen (secondary N) is 2. The van der Waals surface area contributed by atoms with Gasteiger partial charge in [-0.15, -0.1) is 21.5 Å². The number of aromatic nitrogens is 3. The quantitative estimate of drug-likeness (QED) is 0.206. The molecule has 1 aromatic carbocycles. The summed E-state index contributed by atoms with van der Waals surface area (Å²) in [7, 11) is 1.77. The Morgan fingerprint density at radius 3 is 2.79 bits per heavy atom. The summed E-state index contributed by atoms with van der Waals surface area (Å²) in [5.74, 6) is -0.303. The Balaban J connectivity index is 1.32. The first-order valence-electron chi connectivity index (χ1n) is 12.2. The smallest absolute Gasteiger partial charge is 0.341 e. The highest BCUT2D eigenvalue weighted by molar-refractivity contribution is 7.99. The third kappa shape index (κ3) is 6.83. The molecule has 3 aromatic rings. The predicted octanol–water partition coefficient (Wildman–Crippen LogP) is 4.65. The van der Waals surface area contributed by atoms with Crippen molar-refractivity contribution in [1.82, 2.24) is 20.1 Å². The lowest BCUT2D eigenvalue weighted by Gasteiger charge is -2.12. The minimum atomic E-state index is -0.392. The minimum Gasteiger partial charge on any atom is -0.462 e. The Morgan fingerprint density at radius 1 is 1.21 bits per heavy atom. The zero-order valence-electron chi connectivity index (χ0n) is 21.1. The van der Waals surface area contributed by atoms with Gasteiger partial charge in [0.05, 0.1) is 24.5 Å². The van der Waals surface area contributed by atoms with E-state index in [1.165, 1.54) is 29.2 Å². The van der Waals surface area contributed by atoms with Crippen molar-refractivity contribution in [2.45, 2.75) is 44.3 Å². The van der Waals surface area contributed by atoms with Gasteiger partial charge in [-0.05, 0) is 55.9 Å². The maximum absolute atomic E-state index is 12.8. The van der Waals surface area contributed by atoms with E-state index in [2.05, 4.69) is 20.8 Å². The van der Waals surface area contributed by atoms with Crippen LogP contribution in [0.1, 0.15) is 52.0 Å². The van der Waals surface area contributed by atoms with Crippen molar-refractivity contribution in [3.05, 3.63) is 62.8 Å². The van der Waals surface area contributed by atoms with Crippen molar-refractivity contribution >= 4 is 63.6 Å². The molecule has 0 unspecified atom stereocenters. The highest BCUT2D eigenvalue weighted by Gasteiger charge is 2.27. The number of benzene rings is 1. The summed E-state index contributed by atoms with van der Waals surface area (Å²) in [6, 6.07) is 7.24. The first kappa shape index (κ1) is 27.9. The summed E-state index contributed by atoms with van der Waals surface area (Å²) in [6.07, 6.45) is 6.87. The summed E-state index contributed by atoms with van der Waals surface area (Å²) in [5, 5.41) is 15.6. The van der Waals surface area contributed by atoms with Crippen LogP contribution >= 0.6 is 34.7 Å². The van der Waals surface area contributed by atoms with Crippen LogP contribution < -0.4 is 10.6 Å². The lowest BCUT2D eigenvalue weighted by atomic mass is 9.95. The largest absolute Gasteiger partial charge is 0.462 e. The summed E-state index contributed by atoms with van der Waals surface area (Å²) in [5.41, 5.74) is 2.24. The van der Waals surface area contributed by atoms with Gasteiger partial charge in [-0.25, -0.2) is 4.79 Å². The van der Waals surface area contributed by atoms with Crippen molar-refractivity contribution in [2.75, 3.05) is 17.7 Å². The van der Waals surface area contributed by atoms with Crippen LogP contribution in [0.15, 0.2) is 35.5 Å². The summed E-state index contributed by atoms with van der Waals surface area (Å²) in [6.45, 7) is 2.22. The molecule has 0 fully saturated rings. The van der Waals surface area contributed by atoms with Crippen molar-refractivity contribution < 1.29 is 19.1 Å². The van der Waals surface area contributed by atoms with E-state index in [0.29, 0.717) is 26.6 Å². The molecular formula is C26H28ClN5O4S2. The van der Waals surface area contributed by atoms with Gasteiger partial charge in [0.1, 0.15) is 5.00 Å². The maximum atomic E-state index is 12.8. The summed E-state index contributed by atoms with van der Waals surface area (Å²) in [4.78, 5) is 38.7. The van der Waals surface area contributed by atoms with Crippen LogP contribution in [0.3, 0.4) is 0 Å². The van der Waals surface area contributed by atoms with E-state index in [4.69, 9.17) is 16.3 Å². The summed E-state index contributed by atoms with van der Waals surface area (Å²) < 4.78 is 6.98. The molecular weight excluding hydrogens is 546 g/mol. The molecule has 0 aliphatic heterocycles. The van der Waals surface area contributed by atoms with Crippen LogP contribution in [0.4, 0.5) is 5.00 Å². The van der Waals surface area contributed by atoms with E-state index in [1.54, 1.807) is 30.7 Å². The lowest BCUT2D eigenvalue weighted by Crippen LogP contribution is -2.22. The number of rotatable bonds is 10. The predicted molar refractivity (Wildman–Crippen MR) is 150 cm³/mol. The molecule has 0 bridgehead atoms. The Labute approximate surface area is 234 Å². The molecule has 2 amide bonds. The third-order valence-corrected chi connectivity index (χ3v) is 8.47. The summed E-state index contributed by atoms with van der Waals surface area (Å²) >= 11 is 8.78. The fourth-order valence-corrected chi connectivity index (χ4v) is 6.21. The number of thioether (sulfide) groups is 1. The number of halogens is 1. The normalized spacial score (nSPS) is 12.8. The van der Waals surface area contributed by atoms with Crippen molar-refractivity contribution in [3.63, 3.8) is 0 Å². The molecule has 12 heteroatoms. The third-order valence-electron chi connectivity index (χ3n) is 5.90. The first-order chi connectivity index (χ1) is 18.4. The molecule has 0 saturated heterocycles. The number of nitrogens with zero attached hydrogens (tertiary/aromatic N) is 3. The van der Waals surface area contributed by atoms with Crippen molar-refractivity contribution in [2.24, 2.45) is 7.05 Å². The van der Waals surface area contributed by atoms with Crippen LogP contribution in [0.5, 0.6) is 0 Å². The fourth-order valence-electron chi connectivity index (χ4n) is 3.99. The number of ether oxygens (including phenoxy) is 1. The number of hydrogen-bond donors (Lipinski definition) is 2. The topological polar surface area (TPSA) is 115 Å². The van der Waals surface area contributed by atoms with Gasteiger partial charge in [0.2, 0.25) is 11.8 Å². The molecule has 0 saturated carbocycles. The molecule has 2 aromatic heterocycles. The van der Waals surface area contributed by atoms with Crippen LogP contribution in [0, 0.1) is 0 Å². The van der Waals surface area contributed by atoms with E-state index in [0.717, 1.165) is 41.7 Å². The van der Waals surface area contributed by atoms with Crippen LogP contribution in [-0.2, 0) is 40.8 Å². The number of carbonyl (C=O) groups excluding carboxylic acids is 3. The molecule has 2 N–H and O–H groups in total. The number of carbonyl (C=O) groups is 3. The van der Waals surface area contributed by atoms with Gasteiger partial charge < -0.3 is 19.9 Å². The molecule has 0 atom stereocenters. The Bertz CT molecular complexity index is 1370. The molecule has 0 spiro atoms. The van der Waals surface area contributed by atoms with Gasteiger partial charge >= 0.3 is 5.97 Å². The Kier molecular flexibility index (Phi) is 9.59. The zero-order chi connectivity index (χ0) is 27.1. The molecule has 200 valence electrons. The number of esters is 1. The number of thiophene rings is 1. The van der Waals surface area contributed by atoms with E-state index < -0.39 is 5.97 Å². The monoisotopic (exact) mass is 573 g/mol. The second kappa shape index (κ2) is 13.1. The van der Waals surface area contributed by atoms with Crippen LogP contribution in [-0.4, -0.2) is 44.9 Å². The highest BCUT2D eigenvalue weighted by atomic mass is 35.5. The molecule has 9 nitrogen and oxygen atoms in total. The molecule has 0 radical (unpaired) electrons. The van der Waals surface area contributed by atoms with Gasteiger partial charge in [0.15, 0.2) is 11.0 Å². The van der Waals surface area contributed by atoms with Gasteiger partial charge in [-0.3, -0.25) is 9.59 Å². The zero-order valence-corrected chi connectivity index (χ0v) is 23.5. The second-order valence-corrected chi connectivity index (χ2v) is 11.0. The molecule has 2 heterocycles. The number of aryl methyl sites for hydroxylation is 1. The number of hydrogen-bond acceptors (Lipinski definition) is 8. The van der Waals surface area contributed by atoms with Crippen molar-refractivity contribution in [3.8, 4) is 0 Å². The number of anilines is 1. The van der Waals surface area contributed by atoms with Crippen LogP contribution in [0.2, 0.25) is 5.02 Å². The number of amides is 2. The average Bonchev–Trinajstić information content (AvgIpc) is 3.45. The van der Waals surface area contributed by atoms with Gasteiger partial charge in [-0.1, -0.05) is 41.6 Å². The first-order valence-corrected chi connectivity index (χ1v) is 14.4. The van der Waals surface area contributed by atoms with E-state index in [9.17, 15) is 14.4 Å². The minimum absolute atomic E-state index is 0.0870. The molecule has 4 rings (SSSR count). The lowest BCUT2D eigenvalue weighted by molar-refractivity contribution is -0.116. The van der Waals surface area contributed by atoms with Gasteiger partial charge in [0.25, 0.3) is 0 Å². The standard InChI is InChI=1S/C26H28ClN5O4S2/c1-3-36-25(35)23-17-9-5-7-11-19(17)38-24(23)29-22(34)15-37-26-31-30-20(32(26)2)14-28-21(33)13-12-16-8-4-6-10-18(16)27/h4,6,8,10,12-13H,3,5,7,9,11,14-15H2,1-2H3,(H,28,33)(H,29,34)/b13-12+. The maximum Gasteiger partial charge on any atom is 0.341 e. The highest BCUT2D eigenvalue weighted by Crippen LogP contribution is 2.38. The average molecular weight is 574 g/mol. The second-order valence-electron chi connectivity index (χ2n) is 8.50. The van der Waals surface area contributed by atoms with Gasteiger partial charge in [-0.2, -0.15) is 0 Å². The van der Waals surface area contributed by atoms with E-state index in [-0.39, 0.29) is 30.7 Å². The Hall–Kier alpha value is -3.15. The molecule has 38 heavy (non-hydrogen) atoms. The SMILES string of the molecule is CCOC(=O)c1c(NC(=O)CSc2nnc(CNC(=O)/C=C/c3ccccc3Cl)n2C)sc2c1CCCC2. The molecule has 1 aliphatic rings. The van der Waals surface area contributed by atoms with E-state index in [1.807, 2.05) is 18.2 Å². The fraction of sp³-hybridized carbons (Fsp3) is 0.346. The molecule has 1 aliphatic carbocycles. The van der Waals surface area contributed by atoms with Crippen molar-refractivity contribution in [1.29, 1.82) is 0 Å².